The van der Waals surface area contributed by atoms with Crippen LogP contribution in [-0.2, 0) is 6.42 Å². The van der Waals surface area contributed by atoms with Crippen LogP contribution in [0.4, 0.5) is 4.39 Å². The molecule has 0 bridgehead atoms. The van der Waals surface area contributed by atoms with E-state index in [0.717, 1.165) is 36.2 Å². The number of hydrogen-bond donors (Lipinski definition) is 3. The van der Waals surface area contributed by atoms with Crippen molar-refractivity contribution in [1.82, 2.24) is 25.5 Å². The molecule has 0 aliphatic carbocycles. The molecule has 0 radical (unpaired) electrons. The number of hydrogen-bond acceptors (Lipinski definition) is 5. The Hall–Kier alpha value is -3.26. The van der Waals surface area contributed by atoms with Gasteiger partial charge in [-0.05, 0) is 55.6 Å². The van der Waals surface area contributed by atoms with Gasteiger partial charge in [-0.15, -0.1) is 0 Å². The maximum absolute atomic E-state index is 13.2. The van der Waals surface area contributed by atoms with Gasteiger partial charge in [0, 0.05) is 30.9 Å². The number of nitrogens with one attached hydrogen (secondary N) is 3. The quantitative estimate of drug-likeness (QED) is 0.533. The van der Waals surface area contributed by atoms with Crippen LogP contribution in [0.5, 0.6) is 0 Å². The van der Waals surface area contributed by atoms with E-state index in [-0.39, 0.29) is 11.7 Å². The van der Waals surface area contributed by atoms with E-state index in [2.05, 4.69) is 26.1 Å². The minimum atomic E-state index is -0.229. The number of aromatic nitrogens is 3. The second-order valence-corrected chi connectivity index (χ2v) is 7.40. The Balaban J connectivity index is 1.29. The van der Waals surface area contributed by atoms with E-state index in [1.807, 2.05) is 18.3 Å². The lowest BCUT2D eigenvalue weighted by Crippen LogP contribution is -2.37. The Morgan fingerprint density at radius 2 is 2.20 bits per heavy atom. The molecular formula is C22H25FN6O. The maximum Gasteiger partial charge on any atom is 0.252 e. The highest BCUT2D eigenvalue weighted by Gasteiger charge is 2.15. The van der Waals surface area contributed by atoms with Crippen molar-refractivity contribution in [3.8, 4) is 11.3 Å². The fourth-order valence-electron chi connectivity index (χ4n) is 3.50. The molecule has 3 N–H and O–H groups in total. The second-order valence-electron chi connectivity index (χ2n) is 7.40. The molecule has 8 heteroatoms. The summed E-state index contributed by atoms with van der Waals surface area (Å²) in [5.41, 5.74) is 6.21. The van der Waals surface area contributed by atoms with Crippen LogP contribution in [0.3, 0.4) is 0 Å². The van der Waals surface area contributed by atoms with E-state index in [9.17, 15) is 9.18 Å². The van der Waals surface area contributed by atoms with Gasteiger partial charge in [0.25, 0.3) is 5.91 Å². The first-order valence-electron chi connectivity index (χ1n) is 10.2. The number of amides is 1. The molecule has 0 unspecified atom stereocenters. The molecule has 1 aromatic carbocycles. The molecule has 30 heavy (non-hydrogen) atoms. The molecule has 2 aromatic heterocycles. The van der Waals surface area contributed by atoms with Crippen molar-refractivity contribution in [2.24, 2.45) is 0 Å². The third-order valence-electron chi connectivity index (χ3n) is 5.15. The molecule has 1 fully saturated rings. The summed E-state index contributed by atoms with van der Waals surface area (Å²) in [5, 5.41) is 10.6. The van der Waals surface area contributed by atoms with Gasteiger partial charge in [0.15, 0.2) is 0 Å². The number of rotatable bonds is 8. The number of carbonyl (C=O) groups is 1. The molecule has 1 atom stereocenters. The van der Waals surface area contributed by atoms with Gasteiger partial charge in [0.2, 0.25) is 0 Å². The molecular weight excluding hydrogens is 383 g/mol. The van der Waals surface area contributed by atoms with Crippen LogP contribution < -0.4 is 16.1 Å². The Morgan fingerprint density at radius 3 is 2.97 bits per heavy atom. The van der Waals surface area contributed by atoms with Crippen LogP contribution >= 0.6 is 0 Å². The van der Waals surface area contributed by atoms with Crippen molar-refractivity contribution in [2.45, 2.75) is 25.3 Å². The third-order valence-corrected chi connectivity index (χ3v) is 5.15. The number of nitrogens with zero attached hydrogens (tertiary/aromatic N) is 3. The summed E-state index contributed by atoms with van der Waals surface area (Å²) >= 11 is 0. The summed E-state index contributed by atoms with van der Waals surface area (Å²) < 4.78 is 13.2. The Bertz CT molecular complexity index is 981. The van der Waals surface area contributed by atoms with Crippen molar-refractivity contribution in [1.29, 1.82) is 0 Å². The second kappa shape index (κ2) is 9.49. The van der Waals surface area contributed by atoms with E-state index in [1.54, 1.807) is 29.3 Å². The molecule has 7 nitrogen and oxygen atoms in total. The van der Waals surface area contributed by atoms with E-state index in [0.29, 0.717) is 31.1 Å². The van der Waals surface area contributed by atoms with Gasteiger partial charge in [0.1, 0.15) is 5.82 Å². The van der Waals surface area contributed by atoms with Crippen LogP contribution in [0.25, 0.3) is 11.3 Å². The fourth-order valence-corrected chi connectivity index (χ4v) is 3.50. The predicted octanol–water partition coefficient (Wildman–Crippen LogP) is 2.35. The number of benzene rings is 1. The Labute approximate surface area is 174 Å². The average molecular weight is 408 g/mol. The van der Waals surface area contributed by atoms with Crippen LogP contribution in [-0.4, -0.2) is 46.5 Å². The summed E-state index contributed by atoms with van der Waals surface area (Å²) in [4.78, 5) is 18.3. The lowest BCUT2D eigenvalue weighted by molar-refractivity contribution is 0.0950. The van der Waals surface area contributed by atoms with Gasteiger partial charge in [-0.1, -0.05) is 12.1 Å². The van der Waals surface area contributed by atoms with Crippen molar-refractivity contribution >= 4 is 5.91 Å². The van der Waals surface area contributed by atoms with E-state index >= 15 is 0 Å². The van der Waals surface area contributed by atoms with Crippen molar-refractivity contribution in [3.63, 3.8) is 0 Å². The van der Waals surface area contributed by atoms with Crippen molar-refractivity contribution < 1.29 is 9.18 Å². The summed E-state index contributed by atoms with van der Waals surface area (Å²) in [7, 11) is 0. The zero-order valence-corrected chi connectivity index (χ0v) is 16.6. The van der Waals surface area contributed by atoms with Gasteiger partial charge in [0.05, 0.1) is 23.7 Å². The maximum atomic E-state index is 13.2. The third kappa shape index (κ3) is 5.21. The normalized spacial score (nSPS) is 15.8. The molecule has 0 spiro atoms. The number of pyridine rings is 1. The SMILES string of the molecule is O=C(NC[C@H]1CCCN1)c1ccc(-c2cnn(NCCc3cccc(F)c3)c2)nc1. The lowest BCUT2D eigenvalue weighted by Gasteiger charge is -2.11. The molecule has 1 amide bonds. The molecule has 3 heterocycles. The predicted molar refractivity (Wildman–Crippen MR) is 113 cm³/mol. The highest BCUT2D eigenvalue weighted by Crippen LogP contribution is 2.16. The highest BCUT2D eigenvalue weighted by molar-refractivity contribution is 5.94. The summed E-state index contributed by atoms with van der Waals surface area (Å²) in [6.07, 6.45) is 8.07. The molecule has 1 aliphatic rings. The van der Waals surface area contributed by atoms with E-state index in [1.165, 1.54) is 12.1 Å². The van der Waals surface area contributed by atoms with Gasteiger partial charge in [-0.25, -0.2) is 4.39 Å². The summed E-state index contributed by atoms with van der Waals surface area (Å²) in [6, 6.07) is 10.5. The lowest BCUT2D eigenvalue weighted by atomic mass is 10.1. The first-order chi connectivity index (χ1) is 14.7. The van der Waals surface area contributed by atoms with Gasteiger partial charge in [-0.3, -0.25) is 9.78 Å². The molecule has 4 rings (SSSR count). The number of halogens is 1. The topological polar surface area (TPSA) is 83.9 Å². The molecule has 1 aliphatic heterocycles. The van der Waals surface area contributed by atoms with Crippen LogP contribution in [0.2, 0.25) is 0 Å². The van der Waals surface area contributed by atoms with Crippen LogP contribution in [0, 0.1) is 5.82 Å². The molecule has 156 valence electrons. The van der Waals surface area contributed by atoms with Crippen molar-refractivity contribution in [2.75, 3.05) is 25.1 Å². The largest absolute Gasteiger partial charge is 0.350 e. The minimum absolute atomic E-state index is 0.113. The average Bonchev–Trinajstić information content (AvgIpc) is 3.45. The van der Waals surface area contributed by atoms with E-state index < -0.39 is 0 Å². The fraction of sp³-hybridized carbons (Fsp3) is 0.318. The zero-order valence-electron chi connectivity index (χ0n) is 16.6. The van der Waals surface area contributed by atoms with Crippen LogP contribution in [0.1, 0.15) is 28.8 Å². The summed E-state index contributed by atoms with van der Waals surface area (Å²) in [5.74, 6) is -0.343. The molecule has 3 aromatic rings. The molecule has 1 saturated heterocycles. The highest BCUT2D eigenvalue weighted by atomic mass is 19.1. The standard InChI is InChI=1S/C22H25FN6O/c23-19-4-1-3-16(11-19)8-10-27-29-15-18(13-28-29)21-7-6-17(12-25-21)22(30)26-14-20-5-2-9-24-20/h1,3-4,6-7,11-13,15,20,24,27H,2,5,8-10,14H2,(H,26,30)/t20-/m1/s1. The summed E-state index contributed by atoms with van der Waals surface area (Å²) in [6.45, 7) is 2.27. The number of carbonyl (C=O) groups excluding carboxylic acids is 1. The van der Waals surface area contributed by atoms with Crippen molar-refractivity contribution in [3.05, 3.63) is 71.9 Å². The van der Waals surface area contributed by atoms with Gasteiger partial charge < -0.3 is 16.1 Å². The smallest absolute Gasteiger partial charge is 0.252 e. The Morgan fingerprint density at radius 1 is 1.27 bits per heavy atom. The van der Waals surface area contributed by atoms with Gasteiger partial charge >= 0.3 is 0 Å². The van der Waals surface area contributed by atoms with Crippen LogP contribution in [0.15, 0.2) is 55.0 Å². The molecule has 0 saturated carbocycles. The zero-order chi connectivity index (χ0) is 20.8. The first-order valence-corrected chi connectivity index (χ1v) is 10.2. The monoisotopic (exact) mass is 408 g/mol. The van der Waals surface area contributed by atoms with E-state index in [4.69, 9.17) is 0 Å². The van der Waals surface area contributed by atoms with Gasteiger partial charge in [-0.2, -0.15) is 9.89 Å². The first kappa shape index (κ1) is 20.0. The minimum Gasteiger partial charge on any atom is -0.350 e. The Kier molecular flexibility index (Phi) is 6.34.